The number of allylic oxidation sites excluding steroid dienone is 8. The summed E-state index contributed by atoms with van der Waals surface area (Å²) in [6.07, 6.45) is 14.9. The van der Waals surface area contributed by atoms with Crippen LogP contribution < -0.4 is 0 Å². The third-order valence-corrected chi connectivity index (χ3v) is 15.6. The van der Waals surface area contributed by atoms with Crippen molar-refractivity contribution in [3.8, 4) is 0 Å². The first-order valence-corrected chi connectivity index (χ1v) is 20.6. The third-order valence-electron chi connectivity index (χ3n) is 15.6. The van der Waals surface area contributed by atoms with Crippen LogP contribution in [-0.2, 0) is 33.5 Å². The number of esters is 1. The van der Waals surface area contributed by atoms with Crippen molar-refractivity contribution in [1.29, 1.82) is 0 Å². The van der Waals surface area contributed by atoms with E-state index in [1.165, 1.54) is 7.11 Å². The van der Waals surface area contributed by atoms with Crippen molar-refractivity contribution >= 4 is 35.1 Å². The van der Waals surface area contributed by atoms with Crippen molar-refractivity contribution in [2.75, 3.05) is 7.11 Å². The Kier molecular flexibility index (Phi) is 11.8. The third kappa shape index (κ3) is 7.32. The van der Waals surface area contributed by atoms with Gasteiger partial charge in [-0.05, 0) is 98.0 Å². The fourth-order valence-corrected chi connectivity index (χ4v) is 12.6. The minimum absolute atomic E-state index is 0.0443. The van der Waals surface area contributed by atoms with Crippen molar-refractivity contribution in [3.05, 3.63) is 69.7 Å². The van der Waals surface area contributed by atoms with Gasteiger partial charge in [0.25, 0.3) is 0 Å². The van der Waals surface area contributed by atoms with E-state index in [4.69, 9.17) is 23.0 Å². The van der Waals surface area contributed by atoms with Crippen LogP contribution >= 0.6 is 0 Å². The number of rotatable bonds is 8. The Morgan fingerprint density at radius 2 is 1.09 bits per heavy atom. The average Bonchev–Trinajstić information content (AvgIpc) is 3.13. The van der Waals surface area contributed by atoms with Gasteiger partial charge in [0.15, 0.2) is 23.1 Å². The maximum absolute atomic E-state index is 12.9. The molecule has 0 saturated heterocycles. The van der Waals surface area contributed by atoms with E-state index < -0.39 is 27.6 Å². The molecule has 2 fully saturated rings. The van der Waals surface area contributed by atoms with E-state index >= 15 is 0 Å². The van der Waals surface area contributed by atoms with Crippen LogP contribution in [0.15, 0.2) is 46.8 Å². The lowest BCUT2D eigenvalue weighted by atomic mass is 9.43. The number of aliphatic carboxylic acids is 1. The molecule has 0 aromatic carbocycles. The second-order valence-corrected chi connectivity index (χ2v) is 19.6. The Balaban J connectivity index is 0.000000218. The monoisotopic (exact) mass is 780 g/mol. The topological polar surface area (TPSA) is 141 Å². The molecular weight excluding hydrogens is 721 g/mol. The highest BCUT2D eigenvalue weighted by Crippen LogP contribution is 2.67. The molecule has 0 unspecified atom stereocenters. The van der Waals surface area contributed by atoms with Crippen LogP contribution in [0, 0.1) is 69.3 Å². The van der Waals surface area contributed by atoms with Gasteiger partial charge in [0.1, 0.15) is 0 Å². The highest BCUT2D eigenvalue weighted by atomic mass is 16.5. The summed E-state index contributed by atoms with van der Waals surface area (Å²) < 4.78 is 4.75. The van der Waals surface area contributed by atoms with E-state index in [0.717, 1.165) is 43.3 Å². The predicted octanol–water partition coefficient (Wildman–Crippen LogP) is 9.27. The molecule has 6 rings (SSSR count). The molecule has 2 saturated carbocycles. The van der Waals surface area contributed by atoms with Gasteiger partial charge in [-0.1, -0.05) is 78.7 Å². The van der Waals surface area contributed by atoms with Crippen LogP contribution in [0.4, 0.5) is 0 Å². The van der Waals surface area contributed by atoms with E-state index in [9.17, 15) is 28.8 Å². The number of fused-ring (bicyclic) bond motifs is 6. The van der Waals surface area contributed by atoms with Crippen LogP contribution in [0.25, 0.3) is 9.69 Å². The molecule has 306 valence electrons. The molecule has 0 heterocycles. The maximum Gasteiger partial charge on any atom is 0.305 e. The lowest BCUT2D eigenvalue weighted by Gasteiger charge is -2.60. The molecule has 0 spiro atoms. The van der Waals surface area contributed by atoms with E-state index in [-0.39, 0.29) is 81.4 Å². The second-order valence-electron chi connectivity index (χ2n) is 19.6. The number of hydrogen-bond donors (Lipinski definition) is 1. The standard InChI is InChI=1S/C24H31NO4.C23H29NO4/c1-22(2)18-10-11-23(3)15(8-7-9-20(27)29-6)12-16(26)13-19(23)24(18,4)14-17(25-5)21(22)28;1-21(2)17-9-10-22(3)14(7-6-8-19(26)27)11-15(25)12-18(22)23(17,4)13-16(24-5)20(21)28/h13-15,18H,7-12H2,1-4,6H3;12-14,17H,6-11H2,1-4H3,(H,26,27)/t15-,18+,23+,24+;14-,17+,22+,23+/m11/s1. The highest BCUT2D eigenvalue weighted by Gasteiger charge is 2.62. The molecule has 0 bridgehead atoms. The maximum atomic E-state index is 12.9. The molecule has 8 atom stereocenters. The summed E-state index contributed by atoms with van der Waals surface area (Å²) in [5.41, 5.74) is -0.179. The molecule has 0 aliphatic heterocycles. The van der Waals surface area contributed by atoms with Gasteiger partial charge >= 0.3 is 11.9 Å². The van der Waals surface area contributed by atoms with Crippen LogP contribution in [0.3, 0.4) is 0 Å². The number of carboxylic acids is 1. The van der Waals surface area contributed by atoms with Gasteiger partial charge in [-0.3, -0.25) is 19.2 Å². The van der Waals surface area contributed by atoms with E-state index in [2.05, 4.69) is 37.4 Å². The Labute approximate surface area is 338 Å². The second kappa shape index (κ2) is 15.4. The van der Waals surface area contributed by atoms with E-state index in [0.29, 0.717) is 38.5 Å². The van der Waals surface area contributed by atoms with Crippen LogP contribution in [0.5, 0.6) is 0 Å². The van der Waals surface area contributed by atoms with Crippen molar-refractivity contribution in [2.24, 2.45) is 56.2 Å². The zero-order valence-electron chi connectivity index (χ0n) is 35.3. The summed E-state index contributed by atoms with van der Waals surface area (Å²) in [5, 5.41) is 8.98. The predicted molar refractivity (Wildman–Crippen MR) is 215 cm³/mol. The smallest absolute Gasteiger partial charge is 0.305 e. The minimum atomic E-state index is -0.809. The molecular formula is C47H60N2O8. The number of carbonyl (C=O) groups excluding carboxylic acids is 5. The first-order chi connectivity index (χ1) is 26.5. The number of carbonyl (C=O) groups is 6. The Morgan fingerprint density at radius 3 is 1.44 bits per heavy atom. The summed E-state index contributed by atoms with van der Waals surface area (Å²) in [6.45, 7) is 31.3. The number of nitrogens with zero attached hydrogens (tertiary/aromatic N) is 2. The molecule has 57 heavy (non-hydrogen) atoms. The largest absolute Gasteiger partial charge is 0.481 e. The van der Waals surface area contributed by atoms with Crippen LogP contribution in [0.1, 0.15) is 132 Å². The number of carboxylic acid groups (broad SMARTS) is 1. The fourth-order valence-electron chi connectivity index (χ4n) is 12.6. The number of ketones is 4. The molecule has 10 heteroatoms. The molecule has 0 radical (unpaired) electrons. The molecule has 0 aromatic heterocycles. The lowest BCUT2D eigenvalue weighted by molar-refractivity contribution is -0.141. The molecule has 6 aliphatic rings. The Morgan fingerprint density at radius 1 is 0.702 bits per heavy atom. The highest BCUT2D eigenvalue weighted by molar-refractivity contribution is 6.03. The van der Waals surface area contributed by atoms with Gasteiger partial charge in [0, 0.05) is 47.3 Å². The van der Waals surface area contributed by atoms with Gasteiger partial charge in [-0.2, -0.15) is 0 Å². The van der Waals surface area contributed by atoms with E-state index in [1.807, 2.05) is 39.8 Å². The van der Waals surface area contributed by atoms with Gasteiger partial charge in [0.05, 0.1) is 20.3 Å². The summed E-state index contributed by atoms with van der Waals surface area (Å²) in [4.78, 5) is 80.5. The zero-order valence-corrected chi connectivity index (χ0v) is 35.3. The zero-order chi connectivity index (χ0) is 42.5. The SMILES string of the molecule is [C-]#[N+]C1=C[C@]2(C)C3=CC(=O)C[C@@H](CCCC(=O)O)[C@]3(C)CC[C@H]2C(C)(C)C1=O.[C-]#[N+]C1=C[C@]2(C)C3=CC(=O)C[C@@H](CCCC(=O)OC)[C@]3(C)CC[C@H]2C(C)(C)C1=O. The van der Waals surface area contributed by atoms with Gasteiger partial charge in [-0.25, -0.2) is 9.69 Å². The number of ether oxygens (including phenoxy) is 1. The summed E-state index contributed by atoms with van der Waals surface area (Å²) in [5.74, 6) is -0.679. The van der Waals surface area contributed by atoms with Crippen LogP contribution in [-0.4, -0.2) is 47.3 Å². The fraction of sp³-hybridized carbons (Fsp3) is 0.660. The van der Waals surface area contributed by atoms with Crippen molar-refractivity contribution in [3.63, 3.8) is 0 Å². The summed E-state index contributed by atoms with van der Waals surface area (Å²) in [6, 6.07) is 0. The first kappa shape index (κ1) is 43.7. The van der Waals surface area contributed by atoms with Gasteiger partial charge in [0.2, 0.25) is 11.4 Å². The molecule has 1 N–H and O–H groups in total. The molecule has 0 amide bonds. The normalized spacial score (nSPS) is 36.1. The molecule has 10 nitrogen and oxygen atoms in total. The van der Waals surface area contributed by atoms with Gasteiger partial charge in [-0.15, -0.1) is 0 Å². The van der Waals surface area contributed by atoms with E-state index in [1.54, 1.807) is 12.2 Å². The lowest BCUT2D eigenvalue weighted by Crippen LogP contribution is -2.55. The minimum Gasteiger partial charge on any atom is -0.481 e. The van der Waals surface area contributed by atoms with Crippen molar-refractivity contribution < 1.29 is 38.6 Å². The van der Waals surface area contributed by atoms with Gasteiger partial charge < -0.3 is 19.4 Å². The molecule has 6 aliphatic carbocycles. The summed E-state index contributed by atoms with van der Waals surface area (Å²) in [7, 11) is 1.39. The van der Waals surface area contributed by atoms with Crippen molar-refractivity contribution in [1.82, 2.24) is 0 Å². The number of methoxy groups -OCH3 is 1. The Bertz CT molecular complexity index is 1980. The number of Topliss-reactive ketones (excluding diaryl/α,β-unsaturated/α-hetero) is 2. The first-order valence-electron chi connectivity index (χ1n) is 20.6. The quantitative estimate of drug-likeness (QED) is 0.190. The van der Waals surface area contributed by atoms with Crippen molar-refractivity contribution in [2.45, 2.75) is 132 Å². The average molecular weight is 781 g/mol. The Hall–Kier alpha value is -4.44. The molecule has 0 aromatic rings. The summed E-state index contributed by atoms with van der Waals surface area (Å²) >= 11 is 0. The number of hydrogen-bond acceptors (Lipinski definition) is 7. The van der Waals surface area contributed by atoms with Crippen LogP contribution in [0.2, 0.25) is 0 Å².